The molecule has 0 amide bonds. The fraction of sp³-hybridized carbons (Fsp3) is 0.382. The van der Waals surface area contributed by atoms with Gasteiger partial charge in [-0.05, 0) is 36.2 Å². The molecule has 0 spiro atoms. The molecule has 1 aromatic heterocycles. The fourth-order valence-electron chi connectivity index (χ4n) is 8.61. The molecule has 78 heavy (non-hydrogen) atoms. The van der Waals surface area contributed by atoms with Crippen LogP contribution in [0.4, 0.5) is 0 Å². The molecule has 23 nitrogen and oxygen atoms in total. The standard InChI is InChI=1S/C55H56O23/c1-27-46(70-29(3)57)50(72-31(5)59)52(74-33(7)61)54(68-27)67-26-43-48(71-30(4)58)51(73-32(6)60)53(75-34(8)62)55(77-43)78-49-45(64)44-41(69-28(2)56)22-38(65-24-35-15-11-9-12-16-35)23-42(44)76-47(49)37-19-20-40(39(63)21-37)66-25-36-17-13-10-14-18-36/h9-23,27,43,46,48,50-55,63H,24-26H2,1-8H3/t27-,43+,46-,48+,50+,51-,52+,53+,54+,55-/m0/s1. The summed E-state index contributed by atoms with van der Waals surface area (Å²) in [5, 5.41) is 11.0. The van der Waals surface area contributed by atoms with Gasteiger partial charge in [0.15, 0.2) is 54.1 Å². The van der Waals surface area contributed by atoms with Crippen molar-refractivity contribution in [3.05, 3.63) is 112 Å². The van der Waals surface area contributed by atoms with E-state index in [0.717, 1.165) is 59.6 Å². The third-order valence-corrected chi connectivity index (χ3v) is 11.6. The molecule has 4 aromatic carbocycles. The van der Waals surface area contributed by atoms with Crippen LogP contribution in [-0.2, 0) is 89.4 Å². The van der Waals surface area contributed by atoms with Gasteiger partial charge in [0.2, 0.25) is 23.6 Å². The van der Waals surface area contributed by atoms with Crippen LogP contribution >= 0.6 is 0 Å². The third-order valence-electron chi connectivity index (χ3n) is 11.6. The highest BCUT2D eigenvalue weighted by atomic mass is 16.8. The highest BCUT2D eigenvalue weighted by molar-refractivity contribution is 5.90. The Kier molecular flexibility index (Phi) is 18.7. The van der Waals surface area contributed by atoms with Crippen LogP contribution < -0.4 is 24.4 Å². The van der Waals surface area contributed by atoms with Crippen LogP contribution in [0.15, 0.2) is 100 Å². The summed E-state index contributed by atoms with van der Waals surface area (Å²) in [5.74, 6) is -8.07. The average Bonchev–Trinajstić information content (AvgIpc) is 3.40. The molecule has 10 atom stereocenters. The average molecular weight is 1090 g/mol. The largest absolute Gasteiger partial charge is 0.504 e. The van der Waals surface area contributed by atoms with Crippen molar-refractivity contribution in [2.75, 3.05) is 6.61 Å². The second-order valence-corrected chi connectivity index (χ2v) is 17.9. The molecule has 2 fully saturated rings. The number of carbonyl (C=O) groups is 7. The molecular weight excluding hydrogens is 1030 g/mol. The number of esters is 7. The lowest BCUT2D eigenvalue weighted by Crippen LogP contribution is -2.65. The van der Waals surface area contributed by atoms with E-state index in [9.17, 15) is 38.7 Å². The van der Waals surface area contributed by atoms with E-state index in [4.69, 9.17) is 66.0 Å². The molecule has 2 aliphatic rings. The summed E-state index contributed by atoms with van der Waals surface area (Å²) in [6, 6.07) is 24.9. The predicted molar refractivity (Wildman–Crippen MR) is 265 cm³/mol. The molecule has 5 aromatic rings. The number of benzene rings is 4. The zero-order valence-electron chi connectivity index (χ0n) is 43.5. The van der Waals surface area contributed by atoms with Gasteiger partial charge in [-0.15, -0.1) is 0 Å². The predicted octanol–water partition coefficient (Wildman–Crippen LogP) is 5.70. The Labute approximate surface area is 445 Å². The quantitative estimate of drug-likeness (QED) is 0.0589. The lowest BCUT2D eigenvalue weighted by atomic mass is 9.97. The van der Waals surface area contributed by atoms with Crippen molar-refractivity contribution < 1.29 is 105 Å². The molecule has 0 radical (unpaired) electrons. The van der Waals surface area contributed by atoms with E-state index in [0.29, 0.717) is 0 Å². The molecule has 0 unspecified atom stereocenters. The molecule has 414 valence electrons. The first-order valence-electron chi connectivity index (χ1n) is 24.3. The van der Waals surface area contributed by atoms with E-state index in [1.165, 1.54) is 37.3 Å². The Morgan fingerprint density at radius 2 is 1.05 bits per heavy atom. The van der Waals surface area contributed by atoms with Gasteiger partial charge in [-0.1, -0.05) is 60.7 Å². The highest BCUT2D eigenvalue weighted by Crippen LogP contribution is 2.42. The Balaban J connectivity index is 1.36. The van der Waals surface area contributed by atoms with E-state index < -0.39 is 132 Å². The Morgan fingerprint density at radius 1 is 0.538 bits per heavy atom. The molecule has 7 rings (SSSR count). The zero-order chi connectivity index (χ0) is 56.4. The van der Waals surface area contributed by atoms with Crippen LogP contribution in [0.5, 0.6) is 28.7 Å². The van der Waals surface area contributed by atoms with Crippen molar-refractivity contribution in [1.29, 1.82) is 0 Å². The van der Waals surface area contributed by atoms with Crippen LogP contribution in [0.25, 0.3) is 22.3 Å². The summed E-state index contributed by atoms with van der Waals surface area (Å²) in [4.78, 5) is 104. The topological polar surface area (TPSA) is 290 Å². The number of ether oxygens (including phenoxy) is 13. The van der Waals surface area contributed by atoms with Gasteiger partial charge < -0.3 is 71.1 Å². The number of rotatable bonds is 19. The van der Waals surface area contributed by atoms with Gasteiger partial charge >= 0.3 is 41.8 Å². The lowest BCUT2D eigenvalue weighted by Gasteiger charge is -2.46. The van der Waals surface area contributed by atoms with Crippen molar-refractivity contribution in [3.8, 4) is 40.1 Å². The molecule has 2 saturated heterocycles. The van der Waals surface area contributed by atoms with Crippen molar-refractivity contribution in [2.24, 2.45) is 0 Å². The number of hydrogen-bond acceptors (Lipinski definition) is 23. The molecule has 1 N–H and O–H groups in total. The summed E-state index contributed by atoms with van der Waals surface area (Å²) >= 11 is 0. The minimum atomic E-state index is -2.05. The first kappa shape index (κ1) is 57.2. The van der Waals surface area contributed by atoms with Crippen LogP contribution in [0.1, 0.15) is 66.5 Å². The van der Waals surface area contributed by atoms with Gasteiger partial charge in [0.05, 0.1) is 12.7 Å². The fourth-order valence-corrected chi connectivity index (χ4v) is 8.61. The summed E-state index contributed by atoms with van der Waals surface area (Å²) in [7, 11) is 0. The molecular formula is C55H56O23. The number of carbonyl (C=O) groups excluding carboxylic acids is 7. The number of aromatic hydroxyl groups is 1. The van der Waals surface area contributed by atoms with Gasteiger partial charge in [-0.2, -0.15) is 0 Å². The maximum Gasteiger partial charge on any atom is 0.308 e. The minimum Gasteiger partial charge on any atom is -0.504 e. The van der Waals surface area contributed by atoms with Crippen LogP contribution in [0, 0.1) is 0 Å². The second-order valence-electron chi connectivity index (χ2n) is 17.9. The number of phenolic OH excluding ortho intramolecular Hbond substituents is 1. The number of phenols is 1. The first-order valence-corrected chi connectivity index (χ1v) is 24.3. The van der Waals surface area contributed by atoms with E-state index in [-0.39, 0.29) is 47.0 Å². The minimum absolute atomic E-state index is 0.0123. The summed E-state index contributed by atoms with van der Waals surface area (Å²) in [6.45, 7) is 8.13. The summed E-state index contributed by atoms with van der Waals surface area (Å²) in [5.41, 5.74) is 0.310. The van der Waals surface area contributed by atoms with E-state index in [1.807, 2.05) is 60.7 Å². The lowest BCUT2D eigenvalue weighted by molar-refractivity contribution is -0.323. The van der Waals surface area contributed by atoms with Gasteiger partial charge in [0, 0.05) is 66.2 Å². The van der Waals surface area contributed by atoms with Crippen molar-refractivity contribution >= 4 is 52.8 Å². The SMILES string of the molecule is CC(=O)Oc1cc(OCc2ccccc2)cc2oc(-c3ccc(OCc4ccccc4)c(O)c3)c(O[C@@H]3O[C@H](CO[C@@H]4O[C@@H](C)[C@H](OC(C)=O)[C@@H](OC(C)=O)[C@H]4OC(C)=O)[C@@H](OC(C)=O)[C@H](OC(C)=O)[C@H]3OC(C)=O)c(=O)c12. The van der Waals surface area contributed by atoms with Crippen molar-refractivity contribution in [3.63, 3.8) is 0 Å². The van der Waals surface area contributed by atoms with Gasteiger partial charge in [-0.25, -0.2) is 0 Å². The molecule has 3 heterocycles. The van der Waals surface area contributed by atoms with Crippen molar-refractivity contribution in [2.45, 2.75) is 130 Å². The number of fused-ring (bicyclic) bond motifs is 1. The maximum atomic E-state index is 15.3. The highest BCUT2D eigenvalue weighted by Gasteiger charge is 2.55. The van der Waals surface area contributed by atoms with Crippen LogP contribution in [0.3, 0.4) is 0 Å². The summed E-state index contributed by atoms with van der Waals surface area (Å²) in [6.07, 6.45) is -16.3. The Morgan fingerprint density at radius 3 is 1.60 bits per heavy atom. The normalized spacial score (nSPS) is 22.7. The van der Waals surface area contributed by atoms with Gasteiger partial charge in [0.1, 0.15) is 41.8 Å². The number of hydrogen-bond donors (Lipinski definition) is 1. The second kappa shape index (κ2) is 25.5. The smallest absolute Gasteiger partial charge is 0.308 e. The van der Waals surface area contributed by atoms with Crippen LogP contribution in [-0.4, -0.2) is 115 Å². The van der Waals surface area contributed by atoms with E-state index >= 15 is 4.79 Å². The summed E-state index contributed by atoms with van der Waals surface area (Å²) < 4.78 is 82.7. The van der Waals surface area contributed by atoms with E-state index in [1.54, 1.807) is 0 Å². The third kappa shape index (κ3) is 14.5. The molecule has 0 bridgehead atoms. The van der Waals surface area contributed by atoms with Crippen LogP contribution in [0.2, 0.25) is 0 Å². The molecule has 0 saturated carbocycles. The molecule has 23 heteroatoms. The zero-order valence-corrected chi connectivity index (χ0v) is 43.5. The molecule has 0 aliphatic carbocycles. The van der Waals surface area contributed by atoms with Crippen molar-refractivity contribution in [1.82, 2.24) is 0 Å². The first-order chi connectivity index (χ1) is 37.1. The van der Waals surface area contributed by atoms with Gasteiger partial charge in [0.25, 0.3) is 0 Å². The molecule has 2 aliphatic heterocycles. The maximum absolute atomic E-state index is 15.3. The monoisotopic (exact) mass is 1080 g/mol. The Bertz CT molecular complexity index is 3060. The van der Waals surface area contributed by atoms with E-state index in [2.05, 4.69) is 0 Å². The van der Waals surface area contributed by atoms with Gasteiger partial charge in [-0.3, -0.25) is 38.4 Å². The Hall–Kier alpha value is -8.54.